The molecule has 3 nitrogen and oxygen atoms in total. The SMILES string of the molecule is CCc1ccc(N)c(C(O)c2ccccc2)[nH+]1.[Cl-]. The minimum Gasteiger partial charge on any atom is -1.00 e. The van der Waals surface area contributed by atoms with Crippen LogP contribution in [0.25, 0.3) is 0 Å². The van der Waals surface area contributed by atoms with Gasteiger partial charge in [0, 0.05) is 12.5 Å². The van der Waals surface area contributed by atoms with Gasteiger partial charge in [0.25, 0.3) is 0 Å². The normalized spacial score (nSPS) is 11.7. The molecular weight excluding hydrogens is 248 g/mol. The van der Waals surface area contributed by atoms with Crippen molar-refractivity contribution in [3.63, 3.8) is 0 Å². The van der Waals surface area contributed by atoms with Gasteiger partial charge < -0.3 is 23.2 Å². The van der Waals surface area contributed by atoms with Crippen molar-refractivity contribution in [2.75, 3.05) is 5.73 Å². The molecule has 96 valence electrons. The maximum Gasteiger partial charge on any atom is 0.236 e. The van der Waals surface area contributed by atoms with Crippen LogP contribution in [0.4, 0.5) is 5.69 Å². The minimum absolute atomic E-state index is 0. The molecule has 0 aliphatic heterocycles. The van der Waals surface area contributed by atoms with Gasteiger partial charge in [0.05, 0.1) is 0 Å². The lowest BCUT2D eigenvalue weighted by Gasteiger charge is -2.08. The van der Waals surface area contributed by atoms with Crippen LogP contribution in [0.3, 0.4) is 0 Å². The Bertz CT molecular complexity index is 502. The first-order valence-corrected chi connectivity index (χ1v) is 5.76. The van der Waals surface area contributed by atoms with Gasteiger partial charge in [-0.2, -0.15) is 0 Å². The van der Waals surface area contributed by atoms with Crippen LogP contribution in [0.2, 0.25) is 0 Å². The van der Waals surface area contributed by atoms with Gasteiger partial charge in [-0.3, -0.25) is 0 Å². The maximum atomic E-state index is 10.3. The van der Waals surface area contributed by atoms with Gasteiger partial charge in [0.15, 0.2) is 11.8 Å². The number of hydrogen-bond acceptors (Lipinski definition) is 2. The van der Waals surface area contributed by atoms with E-state index in [9.17, 15) is 5.11 Å². The number of benzene rings is 1. The third kappa shape index (κ3) is 3.00. The topological polar surface area (TPSA) is 60.4 Å². The molecule has 0 amide bonds. The average Bonchev–Trinajstić information content (AvgIpc) is 2.39. The van der Waals surface area contributed by atoms with Crippen molar-refractivity contribution in [3.8, 4) is 0 Å². The molecule has 0 radical (unpaired) electrons. The zero-order valence-electron chi connectivity index (χ0n) is 10.2. The third-order valence-electron chi connectivity index (χ3n) is 2.84. The van der Waals surface area contributed by atoms with Crippen molar-refractivity contribution < 1.29 is 22.5 Å². The number of nitrogens with one attached hydrogen (secondary N) is 1. The van der Waals surface area contributed by atoms with E-state index in [-0.39, 0.29) is 12.4 Å². The van der Waals surface area contributed by atoms with Crippen molar-refractivity contribution in [1.82, 2.24) is 0 Å². The number of anilines is 1. The fourth-order valence-electron chi connectivity index (χ4n) is 1.80. The Hall–Kier alpha value is -1.58. The first-order chi connectivity index (χ1) is 8.22. The smallest absolute Gasteiger partial charge is 0.236 e. The number of aromatic nitrogens is 1. The van der Waals surface area contributed by atoms with Crippen LogP contribution in [0.15, 0.2) is 42.5 Å². The molecule has 1 heterocycles. The average molecular weight is 265 g/mol. The van der Waals surface area contributed by atoms with E-state index >= 15 is 0 Å². The van der Waals surface area contributed by atoms with Crippen molar-refractivity contribution in [1.29, 1.82) is 0 Å². The van der Waals surface area contributed by atoms with E-state index in [1.807, 2.05) is 42.5 Å². The standard InChI is InChI=1S/C14H16N2O.ClH/c1-2-11-8-9-12(15)13(16-11)14(17)10-6-4-3-5-7-10;/h3-9,14,17H,2,15H2,1H3;1H. The highest BCUT2D eigenvalue weighted by Gasteiger charge is 2.20. The predicted molar refractivity (Wildman–Crippen MR) is 67.3 cm³/mol. The van der Waals surface area contributed by atoms with E-state index in [1.54, 1.807) is 0 Å². The van der Waals surface area contributed by atoms with Crippen molar-refractivity contribution in [3.05, 3.63) is 59.4 Å². The van der Waals surface area contributed by atoms with Gasteiger partial charge in [0.2, 0.25) is 5.69 Å². The number of nitrogen functional groups attached to an aromatic ring is 1. The quantitative estimate of drug-likeness (QED) is 0.726. The third-order valence-corrected chi connectivity index (χ3v) is 2.84. The lowest BCUT2D eigenvalue weighted by Crippen LogP contribution is -3.00. The Morgan fingerprint density at radius 2 is 1.83 bits per heavy atom. The molecule has 0 fully saturated rings. The number of aromatic amines is 1. The summed E-state index contributed by atoms with van der Waals surface area (Å²) in [7, 11) is 0. The first kappa shape index (κ1) is 14.5. The first-order valence-electron chi connectivity index (χ1n) is 5.76. The van der Waals surface area contributed by atoms with E-state index in [2.05, 4.69) is 11.9 Å². The van der Waals surface area contributed by atoms with E-state index in [0.717, 1.165) is 17.7 Å². The highest BCUT2D eigenvalue weighted by Crippen LogP contribution is 2.22. The fraction of sp³-hybridized carbons (Fsp3) is 0.214. The number of halogens is 1. The summed E-state index contributed by atoms with van der Waals surface area (Å²) < 4.78 is 0. The van der Waals surface area contributed by atoms with E-state index < -0.39 is 6.10 Å². The lowest BCUT2D eigenvalue weighted by molar-refractivity contribution is -0.407. The van der Waals surface area contributed by atoms with Gasteiger partial charge in [-0.25, -0.2) is 4.98 Å². The molecule has 0 bridgehead atoms. The second kappa shape index (κ2) is 6.38. The number of hydrogen-bond donors (Lipinski definition) is 2. The molecule has 0 saturated heterocycles. The molecule has 1 aromatic heterocycles. The summed E-state index contributed by atoms with van der Waals surface area (Å²) in [5.74, 6) is 0. The molecule has 0 aliphatic carbocycles. The molecule has 4 N–H and O–H groups in total. The van der Waals surface area contributed by atoms with Crippen molar-refractivity contribution in [2.24, 2.45) is 0 Å². The minimum atomic E-state index is -0.706. The number of nitrogens with two attached hydrogens (primary N) is 1. The second-order valence-electron chi connectivity index (χ2n) is 4.02. The lowest BCUT2D eigenvalue weighted by atomic mass is 10.0. The van der Waals surface area contributed by atoms with Crippen LogP contribution in [0, 0.1) is 0 Å². The number of rotatable bonds is 3. The molecule has 18 heavy (non-hydrogen) atoms. The van der Waals surface area contributed by atoms with E-state index in [4.69, 9.17) is 5.73 Å². The molecular formula is C14H17ClN2O. The van der Waals surface area contributed by atoms with Crippen molar-refractivity contribution >= 4 is 5.69 Å². The molecule has 0 spiro atoms. The molecule has 0 saturated carbocycles. The van der Waals surface area contributed by atoms with Crippen LogP contribution >= 0.6 is 0 Å². The highest BCUT2D eigenvalue weighted by molar-refractivity contribution is 5.44. The van der Waals surface area contributed by atoms with Crippen LogP contribution in [0.1, 0.15) is 30.0 Å². The number of aryl methyl sites for hydroxylation is 1. The molecule has 0 aliphatic rings. The number of pyridine rings is 1. The summed E-state index contributed by atoms with van der Waals surface area (Å²) in [6.45, 7) is 2.06. The zero-order chi connectivity index (χ0) is 12.3. The Labute approximate surface area is 113 Å². The van der Waals surface area contributed by atoms with E-state index in [1.165, 1.54) is 0 Å². The maximum absolute atomic E-state index is 10.3. The molecule has 2 rings (SSSR count). The number of H-pyrrole nitrogens is 1. The Balaban J connectivity index is 0.00000162. The second-order valence-corrected chi connectivity index (χ2v) is 4.02. The highest BCUT2D eigenvalue weighted by atomic mass is 35.5. The van der Waals surface area contributed by atoms with Gasteiger partial charge in [0.1, 0.15) is 5.69 Å². The van der Waals surface area contributed by atoms with Crippen LogP contribution in [0.5, 0.6) is 0 Å². The Morgan fingerprint density at radius 3 is 2.44 bits per heavy atom. The largest absolute Gasteiger partial charge is 1.00 e. The predicted octanol–water partition coefficient (Wildman–Crippen LogP) is -1.27. The van der Waals surface area contributed by atoms with Gasteiger partial charge in [-0.15, -0.1) is 0 Å². The molecule has 1 aromatic carbocycles. The van der Waals surface area contributed by atoms with Crippen LogP contribution < -0.4 is 23.1 Å². The Morgan fingerprint density at radius 1 is 1.17 bits per heavy atom. The van der Waals surface area contributed by atoms with Gasteiger partial charge >= 0.3 is 0 Å². The van der Waals surface area contributed by atoms with Crippen LogP contribution in [-0.4, -0.2) is 5.11 Å². The zero-order valence-corrected chi connectivity index (χ0v) is 11.0. The molecule has 1 unspecified atom stereocenters. The summed E-state index contributed by atoms with van der Waals surface area (Å²) >= 11 is 0. The number of aliphatic hydroxyl groups is 1. The Kier molecular flexibility index (Phi) is 5.13. The fourth-order valence-corrected chi connectivity index (χ4v) is 1.80. The molecule has 4 heteroatoms. The van der Waals surface area contributed by atoms with Gasteiger partial charge in [-0.05, 0) is 11.6 Å². The van der Waals surface area contributed by atoms with Crippen LogP contribution in [-0.2, 0) is 6.42 Å². The molecule has 1 atom stereocenters. The van der Waals surface area contributed by atoms with Crippen molar-refractivity contribution in [2.45, 2.75) is 19.4 Å². The monoisotopic (exact) mass is 264 g/mol. The summed E-state index contributed by atoms with van der Waals surface area (Å²) in [5.41, 5.74) is 9.03. The summed E-state index contributed by atoms with van der Waals surface area (Å²) in [5, 5.41) is 10.3. The summed E-state index contributed by atoms with van der Waals surface area (Å²) in [6, 6.07) is 13.3. The van der Waals surface area contributed by atoms with E-state index in [0.29, 0.717) is 11.4 Å². The number of aliphatic hydroxyl groups excluding tert-OH is 1. The summed E-state index contributed by atoms with van der Waals surface area (Å²) in [6.07, 6.45) is 0.178. The summed E-state index contributed by atoms with van der Waals surface area (Å²) in [4.78, 5) is 3.19. The molecule has 2 aromatic rings. The van der Waals surface area contributed by atoms with Gasteiger partial charge in [-0.1, -0.05) is 37.3 Å².